The summed E-state index contributed by atoms with van der Waals surface area (Å²) in [6.45, 7) is 4.02. The SMILES string of the molecule is Cc1nc2cc(-c3n(-c4ccc(-c5ccccc5)cc4)c4ccccc4[n+]3C)c(C)cc2o1. The standard InChI is InChI=1S/C29H24N3O/c1-19-17-28-25(30-20(2)33-28)18-24(19)29-31(3)26-11-7-8-12-27(26)32(29)23-15-13-22(14-16-23)21-9-5-4-6-10-21/h4-18H,1-3H3/q+1. The fourth-order valence-electron chi connectivity index (χ4n) is 4.74. The van der Waals surface area contributed by atoms with Gasteiger partial charge in [-0.3, -0.25) is 0 Å². The van der Waals surface area contributed by atoms with Crippen molar-refractivity contribution in [1.29, 1.82) is 0 Å². The molecule has 0 fully saturated rings. The first-order valence-corrected chi connectivity index (χ1v) is 11.1. The van der Waals surface area contributed by atoms with Gasteiger partial charge >= 0.3 is 0 Å². The Morgan fingerprint density at radius 1 is 0.788 bits per heavy atom. The monoisotopic (exact) mass is 430 g/mol. The van der Waals surface area contributed by atoms with Crippen LogP contribution < -0.4 is 4.57 Å². The predicted molar refractivity (Wildman–Crippen MR) is 132 cm³/mol. The van der Waals surface area contributed by atoms with Crippen LogP contribution in [-0.2, 0) is 7.05 Å². The summed E-state index contributed by atoms with van der Waals surface area (Å²) < 4.78 is 10.4. The Hall–Kier alpha value is -4.18. The molecule has 2 heterocycles. The second-order valence-corrected chi connectivity index (χ2v) is 8.49. The van der Waals surface area contributed by atoms with Gasteiger partial charge in [0.2, 0.25) is 0 Å². The van der Waals surface area contributed by atoms with Crippen LogP contribution in [0.2, 0.25) is 0 Å². The van der Waals surface area contributed by atoms with E-state index in [4.69, 9.17) is 4.42 Å². The minimum Gasteiger partial charge on any atom is -0.441 e. The lowest BCUT2D eigenvalue weighted by atomic mass is 10.0. The predicted octanol–water partition coefficient (Wildman–Crippen LogP) is 6.55. The maximum atomic E-state index is 5.77. The van der Waals surface area contributed by atoms with E-state index in [9.17, 15) is 0 Å². The van der Waals surface area contributed by atoms with E-state index in [1.165, 1.54) is 22.2 Å². The quantitative estimate of drug-likeness (QED) is 0.299. The van der Waals surface area contributed by atoms with Crippen LogP contribution in [0.25, 0.3) is 50.3 Å². The second kappa shape index (κ2) is 7.45. The number of aryl methyl sites for hydroxylation is 3. The molecule has 4 aromatic carbocycles. The molecule has 0 aliphatic carbocycles. The topological polar surface area (TPSA) is 34.8 Å². The maximum absolute atomic E-state index is 5.77. The van der Waals surface area contributed by atoms with Crippen molar-refractivity contribution < 1.29 is 8.98 Å². The van der Waals surface area contributed by atoms with E-state index in [2.05, 4.69) is 113 Å². The first-order valence-electron chi connectivity index (χ1n) is 11.1. The molecule has 6 aromatic rings. The fraction of sp³-hybridized carbons (Fsp3) is 0.103. The van der Waals surface area contributed by atoms with Gasteiger partial charge in [-0.25, -0.2) is 9.55 Å². The van der Waals surface area contributed by atoms with Crippen LogP contribution in [-0.4, -0.2) is 9.55 Å². The Bertz CT molecular complexity index is 1620. The number of rotatable bonds is 3. The first-order chi connectivity index (χ1) is 16.1. The molecular weight excluding hydrogens is 406 g/mol. The summed E-state index contributed by atoms with van der Waals surface area (Å²) in [5, 5.41) is 0. The zero-order chi connectivity index (χ0) is 22.5. The zero-order valence-electron chi connectivity index (χ0n) is 18.9. The largest absolute Gasteiger partial charge is 0.441 e. The van der Waals surface area contributed by atoms with Crippen LogP contribution in [0.3, 0.4) is 0 Å². The van der Waals surface area contributed by atoms with E-state index >= 15 is 0 Å². The molecule has 0 spiro atoms. The lowest BCUT2D eigenvalue weighted by Gasteiger charge is -2.08. The minimum absolute atomic E-state index is 0.683. The Balaban J connectivity index is 1.60. The molecule has 0 amide bonds. The lowest BCUT2D eigenvalue weighted by molar-refractivity contribution is -0.633. The van der Waals surface area contributed by atoms with Gasteiger partial charge in [0.15, 0.2) is 22.5 Å². The van der Waals surface area contributed by atoms with Crippen LogP contribution in [0.15, 0.2) is 95.4 Å². The van der Waals surface area contributed by atoms with Gasteiger partial charge in [0, 0.05) is 6.92 Å². The average molecular weight is 431 g/mol. The van der Waals surface area contributed by atoms with Crippen LogP contribution in [0.5, 0.6) is 0 Å². The van der Waals surface area contributed by atoms with Crippen molar-refractivity contribution in [1.82, 2.24) is 9.55 Å². The second-order valence-electron chi connectivity index (χ2n) is 8.49. The van der Waals surface area contributed by atoms with Crippen molar-refractivity contribution in [2.24, 2.45) is 7.05 Å². The maximum Gasteiger partial charge on any atom is 0.295 e. The summed E-state index contributed by atoms with van der Waals surface area (Å²) in [6.07, 6.45) is 0. The summed E-state index contributed by atoms with van der Waals surface area (Å²) in [5.74, 6) is 1.80. The summed E-state index contributed by atoms with van der Waals surface area (Å²) in [5.41, 5.74) is 9.88. The van der Waals surface area contributed by atoms with E-state index in [0.29, 0.717) is 5.89 Å². The van der Waals surface area contributed by atoms with Gasteiger partial charge in [0.25, 0.3) is 5.82 Å². The third-order valence-corrected chi connectivity index (χ3v) is 6.33. The van der Waals surface area contributed by atoms with Crippen molar-refractivity contribution in [3.8, 4) is 28.2 Å². The summed E-state index contributed by atoms with van der Waals surface area (Å²) in [4.78, 5) is 4.59. The van der Waals surface area contributed by atoms with Crippen molar-refractivity contribution in [2.75, 3.05) is 0 Å². The number of para-hydroxylation sites is 2. The van der Waals surface area contributed by atoms with Crippen molar-refractivity contribution in [3.05, 3.63) is 102 Å². The molecule has 2 aromatic heterocycles. The van der Waals surface area contributed by atoms with Gasteiger partial charge in [0.1, 0.15) is 11.2 Å². The van der Waals surface area contributed by atoms with Crippen LogP contribution in [0, 0.1) is 13.8 Å². The molecule has 0 aliphatic rings. The molecule has 6 rings (SSSR count). The number of oxazole rings is 1. The van der Waals surface area contributed by atoms with Gasteiger partial charge in [-0.1, -0.05) is 54.6 Å². The molecule has 4 nitrogen and oxygen atoms in total. The van der Waals surface area contributed by atoms with Crippen molar-refractivity contribution in [2.45, 2.75) is 13.8 Å². The Morgan fingerprint density at radius 3 is 2.27 bits per heavy atom. The summed E-state index contributed by atoms with van der Waals surface area (Å²) in [6, 6.07) is 32.0. The van der Waals surface area contributed by atoms with E-state index in [-0.39, 0.29) is 0 Å². The van der Waals surface area contributed by atoms with Gasteiger partial charge in [-0.05, 0) is 60.0 Å². The Labute approximate surface area is 192 Å². The fourth-order valence-corrected chi connectivity index (χ4v) is 4.74. The van der Waals surface area contributed by atoms with Crippen LogP contribution in [0.4, 0.5) is 0 Å². The van der Waals surface area contributed by atoms with E-state index in [1.807, 2.05) is 13.0 Å². The molecule has 0 bridgehead atoms. The van der Waals surface area contributed by atoms with E-state index in [0.717, 1.165) is 33.7 Å². The molecule has 0 radical (unpaired) electrons. The highest BCUT2D eigenvalue weighted by Gasteiger charge is 2.27. The highest BCUT2D eigenvalue weighted by Crippen LogP contribution is 2.32. The molecule has 33 heavy (non-hydrogen) atoms. The first kappa shape index (κ1) is 19.5. The van der Waals surface area contributed by atoms with Gasteiger partial charge < -0.3 is 4.42 Å². The van der Waals surface area contributed by atoms with Gasteiger partial charge in [0.05, 0.1) is 12.6 Å². The Morgan fingerprint density at radius 2 is 1.48 bits per heavy atom. The number of benzene rings is 4. The molecule has 0 N–H and O–H groups in total. The van der Waals surface area contributed by atoms with Crippen LogP contribution >= 0.6 is 0 Å². The molecule has 0 saturated carbocycles. The minimum atomic E-state index is 0.683. The number of aromatic nitrogens is 3. The number of nitrogens with zero attached hydrogens (tertiary/aromatic N) is 3. The summed E-state index contributed by atoms with van der Waals surface area (Å²) >= 11 is 0. The Kier molecular flexibility index (Phi) is 4.40. The molecule has 4 heteroatoms. The van der Waals surface area contributed by atoms with Crippen molar-refractivity contribution in [3.63, 3.8) is 0 Å². The van der Waals surface area contributed by atoms with Gasteiger partial charge in [-0.15, -0.1) is 0 Å². The highest BCUT2D eigenvalue weighted by atomic mass is 16.3. The lowest BCUT2D eigenvalue weighted by Crippen LogP contribution is -2.30. The number of hydrogen-bond donors (Lipinski definition) is 0. The van der Waals surface area contributed by atoms with Gasteiger partial charge in [-0.2, -0.15) is 4.57 Å². The van der Waals surface area contributed by atoms with E-state index < -0.39 is 0 Å². The third kappa shape index (κ3) is 3.14. The molecular formula is C29H24N3O+. The molecule has 0 aliphatic heterocycles. The molecule has 160 valence electrons. The van der Waals surface area contributed by atoms with Crippen molar-refractivity contribution >= 4 is 22.1 Å². The summed E-state index contributed by atoms with van der Waals surface area (Å²) in [7, 11) is 2.13. The highest BCUT2D eigenvalue weighted by molar-refractivity contribution is 5.84. The number of hydrogen-bond acceptors (Lipinski definition) is 2. The van der Waals surface area contributed by atoms with E-state index in [1.54, 1.807) is 0 Å². The normalized spacial score (nSPS) is 11.5. The molecule has 0 atom stereocenters. The third-order valence-electron chi connectivity index (χ3n) is 6.33. The number of fused-ring (bicyclic) bond motifs is 2. The van der Waals surface area contributed by atoms with Crippen LogP contribution in [0.1, 0.15) is 11.5 Å². The smallest absolute Gasteiger partial charge is 0.295 e. The average Bonchev–Trinajstić information content (AvgIpc) is 3.35. The number of imidazole rings is 1. The molecule has 0 unspecified atom stereocenters. The molecule has 0 saturated heterocycles. The zero-order valence-corrected chi connectivity index (χ0v) is 18.9.